The fourth-order valence-electron chi connectivity index (χ4n) is 4.20. The number of carbonyl (C=O) groups is 1. The molecule has 0 bridgehead atoms. The van der Waals surface area contributed by atoms with Gasteiger partial charge in [0.2, 0.25) is 5.91 Å². The van der Waals surface area contributed by atoms with Gasteiger partial charge in [0.05, 0.1) is 0 Å². The van der Waals surface area contributed by atoms with E-state index in [1.807, 2.05) is 20.3 Å². The molecule has 1 saturated carbocycles. The second kappa shape index (κ2) is 8.38. The molecule has 0 unspecified atom stereocenters. The summed E-state index contributed by atoms with van der Waals surface area (Å²) in [4.78, 5) is 21.6. The number of benzene rings is 1. The van der Waals surface area contributed by atoms with Crippen molar-refractivity contribution in [2.45, 2.75) is 51.0 Å². The van der Waals surface area contributed by atoms with Crippen LogP contribution in [-0.4, -0.2) is 47.5 Å². The summed E-state index contributed by atoms with van der Waals surface area (Å²) in [6.07, 6.45) is 10.3. The Bertz CT molecular complexity index is 791. The van der Waals surface area contributed by atoms with Crippen LogP contribution in [0.25, 0.3) is 0 Å². The van der Waals surface area contributed by atoms with E-state index in [1.165, 1.54) is 29.9 Å². The molecule has 28 heavy (non-hydrogen) atoms. The highest BCUT2D eigenvalue weighted by Crippen LogP contribution is 2.33. The van der Waals surface area contributed by atoms with Gasteiger partial charge in [0, 0.05) is 64.1 Å². The van der Waals surface area contributed by atoms with Crippen molar-refractivity contribution in [3.8, 4) is 0 Å². The molecule has 150 valence electrons. The molecule has 1 atom stereocenters. The van der Waals surface area contributed by atoms with Crippen molar-refractivity contribution in [3.63, 3.8) is 0 Å². The third-order valence-electron chi connectivity index (χ3n) is 6.12. The van der Waals surface area contributed by atoms with Crippen LogP contribution in [0.3, 0.4) is 0 Å². The van der Waals surface area contributed by atoms with E-state index >= 15 is 0 Å². The average Bonchev–Trinajstić information content (AvgIpc) is 3.41. The first-order valence-electron chi connectivity index (χ1n) is 10.6. The maximum atomic E-state index is 12.8. The van der Waals surface area contributed by atoms with Gasteiger partial charge in [0.15, 0.2) is 0 Å². The predicted molar refractivity (Wildman–Crippen MR) is 113 cm³/mol. The summed E-state index contributed by atoms with van der Waals surface area (Å²) in [6, 6.07) is 8.51. The van der Waals surface area contributed by atoms with Crippen molar-refractivity contribution in [1.29, 1.82) is 0 Å². The number of aromatic nitrogens is 2. The van der Waals surface area contributed by atoms with Crippen LogP contribution in [0.15, 0.2) is 36.7 Å². The van der Waals surface area contributed by atoms with Gasteiger partial charge < -0.3 is 14.4 Å². The number of likely N-dealkylation sites (tertiary alicyclic amines) is 1. The Morgan fingerprint density at radius 1 is 1.18 bits per heavy atom. The van der Waals surface area contributed by atoms with Crippen molar-refractivity contribution in [2.24, 2.45) is 5.92 Å². The van der Waals surface area contributed by atoms with Crippen molar-refractivity contribution in [2.75, 3.05) is 32.1 Å². The second-order valence-electron chi connectivity index (χ2n) is 8.62. The van der Waals surface area contributed by atoms with Crippen molar-refractivity contribution >= 4 is 11.6 Å². The molecule has 1 saturated heterocycles. The number of hydrogen-bond acceptors (Lipinski definition) is 3. The number of anilines is 1. The molecule has 0 spiro atoms. The van der Waals surface area contributed by atoms with Gasteiger partial charge in [-0.25, -0.2) is 4.98 Å². The van der Waals surface area contributed by atoms with E-state index in [2.05, 4.69) is 49.8 Å². The van der Waals surface area contributed by atoms with Gasteiger partial charge in [-0.1, -0.05) is 12.1 Å². The number of rotatable bonds is 7. The molecule has 2 heterocycles. The number of nitrogens with zero attached hydrogens (tertiary/aromatic N) is 4. The van der Waals surface area contributed by atoms with Crippen LogP contribution in [-0.2, 0) is 17.8 Å². The second-order valence-corrected chi connectivity index (χ2v) is 8.62. The molecular formula is C23H32N4O. The molecular weight excluding hydrogens is 348 g/mol. The maximum absolute atomic E-state index is 12.8. The number of piperidine rings is 1. The van der Waals surface area contributed by atoms with E-state index in [9.17, 15) is 4.79 Å². The van der Waals surface area contributed by atoms with E-state index in [1.54, 1.807) is 0 Å². The molecule has 1 aliphatic carbocycles. The van der Waals surface area contributed by atoms with Gasteiger partial charge in [-0.15, -0.1) is 0 Å². The Labute approximate surface area is 168 Å². The molecule has 4 rings (SSSR count). The number of imidazole rings is 1. The van der Waals surface area contributed by atoms with Crippen molar-refractivity contribution in [1.82, 2.24) is 14.5 Å². The molecule has 0 N–H and O–H groups in total. The molecule has 2 fully saturated rings. The summed E-state index contributed by atoms with van der Waals surface area (Å²) in [5.74, 6) is 2.68. The topological polar surface area (TPSA) is 41.4 Å². The molecule has 1 amide bonds. The van der Waals surface area contributed by atoms with Crippen LogP contribution >= 0.6 is 0 Å². The quantitative estimate of drug-likeness (QED) is 0.735. The third-order valence-corrected chi connectivity index (χ3v) is 6.12. The SMILES string of the molecule is CN(C)c1ccc(CCC(=O)N2CCC[C@@H](c3nccn3CC3CC3)C2)cc1. The fourth-order valence-corrected chi connectivity index (χ4v) is 4.20. The lowest BCUT2D eigenvalue weighted by Gasteiger charge is -2.33. The fraction of sp³-hybridized carbons (Fsp3) is 0.565. The number of carbonyl (C=O) groups excluding carboxylic acids is 1. The highest BCUT2D eigenvalue weighted by atomic mass is 16.2. The smallest absolute Gasteiger partial charge is 0.222 e. The van der Waals surface area contributed by atoms with Gasteiger partial charge in [-0.3, -0.25) is 4.79 Å². The summed E-state index contributed by atoms with van der Waals surface area (Å²) >= 11 is 0. The van der Waals surface area contributed by atoms with Gasteiger partial charge in [0.1, 0.15) is 5.82 Å². The summed E-state index contributed by atoms with van der Waals surface area (Å²) in [5, 5.41) is 0. The molecule has 5 nitrogen and oxygen atoms in total. The first-order valence-corrected chi connectivity index (χ1v) is 10.6. The number of amides is 1. The van der Waals surface area contributed by atoms with E-state index < -0.39 is 0 Å². The standard InChI is InChI=1S/C23H32N4O/c1-25(2)21-10-7-18(8-11-21)9-12-22(28)26-14-3-4-20(17-26)23-24-13-15-27(23)16-19-5-6-19/h7-8,10-11,13,15,19-20H,3-6,9,12,14,16-17H2,1-2H3/t20-/m1/s1. The highest BCUT2D eigenvalue weighted by molar-refractivity contribution is 5.76. The van der Waals surface area contributed by atoms with Crippen LogP contribution in [0.2, 0.25) is 0 Å². The average molecular weight is 381 g/mol. The lowest BCUT2D eigenvalue weighted by molar-refractivity contribution is -0.132. The largest absolute Gasteiger partial charge is 0.378 e. The number of hydrogen-bond donors (Lipinski definition) is 0. The van der Waals surface area contributed by atoms with E-state index in [-0.39, 0.29) is 5.91 Å². The zero-order chi connectivity index (χ0) is 19.5. The molecule has 1 aromatic carbocycles. The third kappa shape index (κ3) is 4.57. The van der Waals surface area contributed by atoms with Crippen LogP contribution in [0.4, 0.5) is 5.69 Å². The minimum Gasteiger partial charge on any atom is -0.378 e. The zero-order valence-electron chi connectivity index (χ0n) is 17.2. The molecule has 1 aliphatic heterocycles. The van der Waals surface area contributed by atoms with Crippen LogP contribution in [0.1, 0.15) is 49.4 Å². The van der Waals surface area contributed by atoms with Crippen molar-refractivity contribution in [3.05, 3.63) is 48.0 Å². The summed E-state index contributed by atoms with van der Waals surface area (Å²) in [7, 11) is 4.09. The van der Waals surface area contributed by atoms with E-state index in [0.717, 1.165) is 44.8 Å². The molecule has 5 heteroatoms. The molecule has 0 radical (unpaired) electrons. The first kappa shape index (κ1) is 19.0. The zero-order valence-corrected chi connectivity index (χ0v) is 17.2. The predicted octanol–water partition coefficient (Wildman–Crippen LogP) is 3.70. The molecule has 1 aromatic heterocycles. The van der Waals surface area contributed by atoms with Crippen LogP contribution in [0.5, 0.6) is 0 Å². The maximum Gasteiger partial charge on any atom is 0.222 e. The molecule has 2 aliphatic rings. The normalized spacial score (nSPS) is 19.6. The molecule has 2 aromatic rings. The lowest BCUT2D eigenvalue weighted by Crippen LogP contribution is -2.39. The Morgan fingerprint density at radius 3 is 2.68 bits per heavy atom. The van der Waals surface area contributed by atoms with Crippen LogP contribution in [0, 0.1) is 5.92 Å². The Kier molecular flexibility index (Phi) is 5.69. The summed E-state index contributed by atoms with van der Waals surface area (Å²) < 4.78 is 2.34. The Morgan fingerprint density at radius 2 is 1.96 bits per heavy atom. The first-order chi connectivity index (χ1) is 13.6. The number of aryl methyl sites for hydroxylation is 1. The Balaban J connectivity index is 1.32. The highest BCUT2D eigenvalue weighted by Gasteiger charge is 2.29. The Hall–Kier alpha value is -2.30. The van der Waals surface area contributed by atoms with Gasteiger partial charge in [-0.2, -0.15) is 0 Å². The van der Waals surface area contributed by atoms with Gasteiger partial charge >= 0.3 is 0 Å². The van der Waals surface area contributed by atoms with Gasteiger partial charge in [-0.05, 0) is 55.7 Å². The van der Waals surface area contributed by atoms with Gasteiger partial charge in [0.25, 0.3) is 0 Å². The van der Waals surface area contributed by atoms with E-state index in [0.29, 0.717) is 12.3 Å². The van der Waals surface area contributed by atoms with Crippen molar-refractivity contribution < 1.29 is 4.79 Å². The monoisotopic (exact) mass is 380 g/mol. The minimum atomic E-state index is 0.279. The minimum absolute atomic E-state index is 0.279. The lowest BCUT2D eigenvalue weighted by atomic mass is 9.96. The summed E-state index contributed by atoms with van der Waals surface area (Å²) in [6.45, 7) is 2.81. The van der Waals surface area contributed by atoms with Crippen LogP contribution < -0.4 is 4.90 Å². The summed E-state index contributed by atoms with van der Waals surface area (Å²) in [5.41, 5.74) is 2.42. The van der Waals surface area contributed by atoms with E-state index in [4.69, 9.17) is 0 Å².